The van der Waals surface area contributed by atoms with Crippen LogP contribution in [-0.4, -0.2) is 20.2 Å². The Morgan fingerprint density at radius 1 is 1.30 bits per heavy atom. The molecule has 3 rings (SSSR count). The van der Waals surface area contributed by atoms with Crippen molar-refractivity contribution >= 4 is 11.8 Å². The molecule has 2 aromatic rings. The lowest BCUT2D eigenvalue weighted by molar-refractivity contribution is 0.497. The van der Waals surface area contributed by atoms with E-state index in [-0.39, 0.29) is 0 Å². The molecular weight excluding hydrogens is 268 g/mol. The van der Waals surface area contributed by atoms with E-state index < -0.39 is 0 Å². The summed E-state index contributed by atoms with van der Waals surface area (Å²) in [7, 11) is 0. The third-order valence-corrected chi connectivity index (χ3v) is 4.78. The molecule has 2 aromatic heterocycles. The Morgan fingerprint density at radius 3 is 3.00 bits per heavy atom. The van der Waals surface area contributed by atoms with Gasteiger partial charge in [0.1, 0.15) is 5.82 Å². The molecule has 0 aromatic carbocycles. The van der Waals surface area contributed by atoms with Crippen LogP contribution in [0.25, 0.3) is 0 Å². The number of nitrogens with one attached hydrogen (secondary N) is 1. The van der Waals surface area contributed by atoms with Gasteiger partial charge in [-0.1, -0.05) is 43.5 Å². The number of pyridine rings is 1. The van der Waals surface area contributed by atoms with Gasteiger partial charge < -0.3 is 0 Å². The van der Waals surface area contributed by atoms with Gasteiger partial charge in [-0.2, -0.15) is 0 Å². The number of aromatic nitrogens is 4. The van der Waals surface area contributed by atoms with E-state index in [0.717, 1.165) is 29.1 Å². The Morgan fingerprint density at radius 2 is 2.20 bits per heavy atom. The predicted molar refractivity (Wildman–Crippen MR) is 80.5 cm³/mol. The number of hydrogen-bond donors (Lipinski definition) is 1. The molecule has 1 fully saturated rings. The average Bonchev–Trinajstić information content (AvgIpc) is 3.16. The molecule has 0 unspecified atom stereocenters. The summed E-state index contributed by atoms with van der Waals surface area (Å²) in [5.74, 6) is 2.81. The van der Waals surface area contributed by atoms with E-state index in [4.69, 9.17) is 0 Å². The Kier molecular flexibility index (Phi) is 4.69. The normalized spacial score (nSPS) is 15.8. The molecule has 0 spiro atoms. The minimum Gasteiger partial charge on any atom is -0.264 e. The molecule has 1 N–H and O–H groups in total. The van der Waals surface area contributed by atoms with Gasteiger partial charge in [-0.05, 0) is 24.0 Å². The van der Waals surface area contributed by atoms with E-state index in [9.17, 15) is 0 Å². The number of thioether (sulfide) groups is 1. The van der Waals surface area contributed by atoms with Crippen LogP contribution >= 0.6 is 11.8 Å². The number of nitrogens with zero attached hydrogens (tertiary/aromatic N) is 3. The first-order chi connectivity index (χ1) is 9.90. The SMILES string of the molecule is c1cncc(CSc2n[nH]c(CCC3CCCC3)n2)c1. The van der Waals surface area contributed by atoms with Gasteiger partial charge >= 0.3 is 0 Å². The van der Waals surface area contributed by atoms with E-state index in [0.29, 0.717) is 0 Å². The molecule has 0 aliphatic heterocycles. The van der Waals surface area contributed by atoms with Crippen LogP contribution in [0.1, 0.15) is 43.5 Å². The van der Waals surface area contributed by atoms with Gasteiger partial charge in [-0.3, -0.25) is 10.1 Å². The molecule has 20 heavy (non-hydrogen) atoms. The van der Waals surface area contributed by atoms with Gasteiger partial charge in [-0.25, -0.2) is 4.98 Å². The standard InChI is InChI=1S/C15H20N4S/c1-2-5-12(4-1)7-8-14-17-15(19-18-14)20-11-13-6-3-9-16-10-13/h3,6,9-10,12H,1-2,4-5,7-8,11H2,(H,17,18,19). The van der Waals surface area contributed by atoms with Gasteiger partial charge in [0.25, 0.3) is 0 Å². The van der Waals surface area contributed by atoms with Gasteiger partial charge in [-0.15, -0.1) is 5.10 Å². The maximum Gasteiger partial charge on any atom is 0.208 e. The fraction of sp³-hybridized carbons (Fsp3) is 0.533. The summed E-state index contributed by atoms with van der Waals surface area (Å²) in [4.78, 5) is 8.68. The fourth-order valence-corrected chi connectivity index (χ4v) is 3.48. The number of rotatable bonds is 6. The second kappa shape index (κ2) is 6.88. The second-order valence-electron chi connectivity index (χ2n) is 5.40. The van der Waals surface area contributed by atoms with E-state index in [1.165, 1.54) is 37.7 Å². The minimum atomic E-state index is 0.843. The summed E-state index contributed by atoms with van der Waals surface area (Å²) in [6, 6.07) is 4.04. The van der Waals surface area contributed by atoms with E-state index in [1.54, 1.807) is 18.0 Å². The second-order valence-corrected chi connectivity index (χ2v) is 6.35. The van der Waals surface area contributed by atoms with Crippen molar-refractivity contribution in [3.63, 3.8) is 0 Å². The van der Waals surface area contributed by atoms with Crippen LogP contribution in [0.2, 0.25) is 0 Å². The van der Waals surface area contributed by atoms with Crippen LogP contribution in [0.4, 0.5) is 0 Å². The summed E-state index contributed by atoms with van der Waals surface area (Å²) < 4.78 is 0. The maximum atomic E-state index is 4.56. The average molecular weight is 288 g/mol. The third kappa shape index (κ3) is 3.82. The van der Waals surface area contributed by atoms with Crippen LogP contribution in [0.5, 0.6) is 0 Å². The molecule has 0 amide bonds. The van der Waals surface area contributed by atoms with Crippen molar-refractivity contribution in [2.45, 2.75) is 49.4 Å². The van der Waals surface area contributed by atoms with Crippen molar-refractivity contribution in [2.24, 2.45) is 5.92 Å². The fourth-order valence-electron chi connectivity index (χ4n) is 2.73. The molecule has 0 atom stereocenters. The van der Waals surface area contributed by atoms with Crippen molar-refractivity contribution in [3.05, 3.63) is 35.9 Å². The van der Waals surface area contributed by atoms with Gasteiger partial charge in [0.05, 0.1) is 0 Å². The van der Waals surface area contributed by atoms with Crippen LogP contribution in [0.3, 0.4) is 0 Å². The van der Waals surface area contributed by atoms with Crippen molar-refractivity contribution in [2.75, 3.05) is 0 Å². The number of H-pyrrole nitrogens is 1. The summed E-state index contributed by atoms with van der Waals surface area (Å²) in [6.07, 6.45) is 11.6. The highest BCUT2D eigenvalue weighted by atomic mass is 32.2. The maximum absolute atomic E-state index is 4.56. The predicted octanol–water partition coefficient (Wildman–Crippen LogP) is 3.61. The quantitative estimate of drug-likeness (QED) is 0.825. The lowest BCUT2D eigenvalue weighted by Gasteiger charge is -2.05. The summed E-state index contributed by atoms with van der Waals surface area (Å²) in [6.45, 7) is 0. The molecular formula is C15H20N4S. The highest BCUT2D eigenvalue weighted by Crippen LogP contribution is 2.28. The molecule has 1 aliphatic rings. The number of aromatic amines is 1. The molecule has 5 heteroatoms. The van der Waals surface area contributed by atoms with E-state index in [1.807, 2.05) is 12.3 Å². The lowest BCUT2D eigenvalue weighted by Crippen LogP contribution is -1.97. The Labute approximate surface area is 123 Å². The first-order valence-electron chi connectivity index (χ1n) is 7.33. The zero-order valence-electron chi connectivity index (χ0n) is 11.6. The molecule has 2 heterocycles. The molecule has 1 aliphatic carbocycles. The van der Waals surface area contributed by atoms with Crippen LogP contribution in [-0.2, 0) is 12.2 Å². The summed E-state index contributed by atoms with van der Waals surface area (Å²) in [5, 5.41) is 8.19. The van der Waals surface area contributed by atoms with Crippen LogP contribution in [0, 0.1) is 5.92 Å². The van der Waals surface area contributed by atoms with Crippen LogP contribution < -0.4 is 0 Å². The van der Waals surface area contributed by atoms with Crippen molar-refractivity contribution in [3.8, 4) is 0 Å². The Hall–Kier alpha value is -1.36. The van der Waals surface area contributed by atoms with Crippen molar-refractivity contribution in [1.82, 2.24) is 20.2 Å². The minimum absolute atomic E-state index is 0.843. The molecule has 106 valence electrons. The highest BCUT2D eigenvalue weighted by Gasteiger charge is 2.15. The smallest absolute Gasteiger partial charge is 0.208 e. The van der Waals surface area contributed by atoms with Crippen molar-refractivity contribution < 1.29 is 0 Å². The van der Waals surface area contributed by atoms with Crippen LogP contribution in [0.15, 0.2) is 29.7 Å². The van der Waals surface area contributed by atoms with Gasteiger partial charge in [0.15, 0.2) is 0 Å². The summed E-state index contributed by atoms with van der Waals surface area (Å²) >= 11 is 1.66. The zero-order valence-corrected chi connectivity index (χ0v) is 12.4. The molecule has 4 nitrogen and oxygen atoms in total. The molecule has 0 radical (unpaired) electrons. The topological polar surface area (TPSA) is 54.5 Å². The van der Waals surface area contributed by atoms with Crippen molar-refractivity contribution in [1.29, 1.82) is 0 Å². The Bertz CT molecular complexity index is 520. The van der Waals surface area contributed by atoms with Gasteiger partial charge in [0, 0.05) is 24.6 Å². The Balaban J connectivity index is 1.46. The number of hydrogen-bond acceptors (Lipinski definition) is 4. The first kappa shape index (κ1) is 13.6. The largest absolute Gasteiger partial charge is 0.264 e. The lowest BCUT2D eigenvalue weighted by atomic mass is 10.0. The highest BCUT2D eigenvalue weighted by molar-refractivity contribution is 7.98. The van der Waals surface area contributed by atoms with E-state index in [2.05, 4.69) is 26.2 Å². The molecule has 0 saturated heterocycles. The van der Waals surface area contributed by atoms with Gasteiger partial charge in [0.2, 0.25) is 5.16 Å². The monoisotopic (exact) mass is 288 g/mol. The third-order valence-electron chi connectivity index (χ3n) is 3.87. The van der Waals surface area contributed by atoms with E-state index >= 15 is 0 Å². The summed E-state index contributed by atoms with van der Waals surface area (Å²) in [5.41, 5.74) is 1.20. The zero-order chi connectivity index (χ0) is 13.6. The molecule has 1 saturated carbocycles. The molecule has 0 bridgehead atoms. The first-order valence-corrected chi connectivity index (χ1v) is 8.32. The number of aryl methyl sites for hydroxylation is 1.